The molecule has 4 aliphatic heterocycles. The number of rotatable bonds is 11. The monoisotopic (exact) mass is 900 g/mol. The number of carbonyl (C=O) groups is 2. The SMILES string of the molecule is CO[C@@H]1C[C@H](O[C@H]2CC[C@@]3(C)C(CCC4C3CC[C@]3(C)[C@@H](C5=CC(=O)OC5)[C@@H](OC(C)=O)CC43O)C2)O[C@H](C)[C@@H]1O[C@H]1O[C@H](CO[C@@H]2O[C@H](CO)[C@@H](O)[C@H](O)[C@H]2O)[C@@H](O)[C@H](O)[C@H]1O. The average Bonchev–Trinajstić information content (AvgIpc) is 3.76. The molecule has 63 heavy (non-hydrogen) atoms. The quantitative estimate of drug-likeness (QED) is 0.0943. The molecule has 3 saturated heterocycles. The molecular weight excluding hydrogens is 832 g/mol. The lowest BCUT2D eigenvalue weighted by Crippen LogP contribution is -2.63. The van der Waals surface area contributed by atoms with E-state index in [0.29, 0.717) is 12.3 Å². The first kappa shape index (κ1) is 47.6. The highest BCUT2D eigenvalue weighted by molar-refractivity contribution is 5.85. The predicted octanol–water partition coefficient (Wildman–Crippen LogP) is -0.671. The van der Waals surface area contributed by atoms with Crippen LogP contribution in [0.1, 0.15) is 85.5 Å². The molecule has 0 radical (unpaired) electrons. The lowest BCUT2D eigenvalue weighted by molar-refractivity contribution is -0.355. The standard InChI is InChI=1S/C44H68O19/c1-19-39(63-41-38(53)36(51)34(49)29(62-41)18-57-40-37(52)35(50)33(48)28(16-45)61-40)26(55-5)14-31(58-19)60-23-8-10-42(3)22(13-23)6-7-25-24(42)9-11-43(4)32(21-12-30(47)56-17-21)27(59-20(2)46)15-44(25,43)54/h12,19,22-29,31-41,45,48-54H,6-11,13-18H2,1-5H3/t19-,22?,23+,24?,25?,26-,27+,28-,29-,31+,32+,33-,34-,35+,36+,37-,38-,39+,40-,41-,42+,43-,44?/m1/s1. The van der Waals surface area contributed by atoms with E-state index in [2.05, 4.69) is 13.8 Å². The Labute approximate surface area is 366 Å². The van der Waals surface area contributed by atoms with Crippen LogP contribution < -0.4 is 0 Å². The number of esters is 2. The topological polar surface area (TPSA) is 279 Å². The summed E-state index contributed by atoms with van der Waals surface area (Å²) in [6.07, 6.45) is -10.8. The van der Waals surface area contributed by atoms with Gasteiger partial charge in [-0.3, -0.25) is 4.79 Å². The summed E-state index contributed by atoms with van der Waals surface area (Å²) < 4.78 is 53.1. The third-order valence-electron chi connectivity index (χ3n) is 16.7. The summed E-state index contributed by atoms with van der Waals surface area (Å²) in [4.78, 5) is 24.5. The van der Waals surface area contributed by atoms with Gasteiger partial charge >= 0.3 is 11.9 Å². The van der Waals surface area contributed by atoms with E-state index < -0.39 is 128 Å². The fraction of sp³-hybridized carbons (Fsp3) is 0.909. The van der Waals surface area contributed by atoms with Crippen molar-refractivity contribution in [3.63, 3.8) is 0 Å². The Bertz CT molecular complexity index is 1680. The molecule has 4 heterocycles. The number of methoxy groups -OCH3 is 1. The van der Waals surface area contributed by atoms with Crippen LogP contribution in [0.2, 0.25) is 0 Å². The molecule has 0 aromatic carbocycles. The van der Waals surface area contributed by atoms with Crippen molar-refractivity contribution in [3.8, 4) is 0 Å². The Morgan fingerprint density at radius 1 is 0.825 bits per heavy atom. The Morgan fingerprint density at radius 2 is 1.52 bits per heavy atom. The van der Waals surface area contributed by atoms with E-state index >= 15 is 0 Å². The molecule has 358 valence electrons. The van der Waals surface area contributed by atoms with Crippen LogP contribution in [0.25, 0.3) is 0 Å². The predicted molar refractivity (Wildman–Crippen MR) is 213 cm³/mol. The van der Waals surface area contributed by atoms with E-state index in [1.807, 2.05) is 0 Å². The van der Waals surface area contributed by atoms with Crippen LogP contribution >= 0.6 is 0 Å². The van der Waals surface area contributed by atoms with Crippen molar-refractivity contribution in [1.29, 1.82) is 0 Å². The van der Waals surface area contributed by atoms with Gasteiger partial charge in [0, 0.05) is 44.3 Å². The molecule has 0 spiro atoms. The van der Waals surface area contributed by atoms with Gasteiger partial charge in [0.15, 0.2) is 18.9 Å². The molecule has 0 amide bonds. The van der Waals surface area contributed by atoms with Crippen molar-refractivity contribution < 1.29 is 93.1 Å². The summed E-state index contributed by atoms with van der Waals surface area (Å²) in [6.45, 7) is 6.62. The van der Waals surface area contributed by atoms with E-state index in [9.17, 15) is 50.4 Å². The molecule has 0 aromatic heterocycles. The van der Waals surface area contributed by atoms with Gasteiger partial charge in [-0.1, -0.05) is 13.8 Å². The summed E-state index contributed by atoms with van der Waals surface area (Å²) in [5.74, 6) is -0.528. The summed E-state index contributed by atoms with van der Waals surface area (Å²) in [6, 6.07) is 0. The minimum absolute atomic E-state index is 0.000125. The zero-order valence-electron chi connectivity index (χ0n) is 36.7. The molecule has 0 bridgehead atoms. The molecular formula is C44H68O19. The fourth-order valence-corrected chi connectivity index (χ4v) is 13.3. The highest BCUT2D eigenvalue weighted by atomic mass is 16.8. The van der Waals surface area contributed by atoms with Crippen LogP contribution in [-0.2, 0) is 52.2 Å². The Balaban J connectivity index is 0.874. The lowest BCUT2D eigenvalue weighted by Gasteiger charge is -2.63. The summed E-state index contributed by atoms with van der Waals surface area (Å²) in [5, 5.41) is 85.4. The molecule has 19 nitrogen and oxygen atoms in total. The number of aliphatic hydroxyl groups is 8. The molecule has 4 unspecified atom stereocenters. The van der Waals surface area contributed by atoms with Crippen molar-refractivity contribution in [2.75, 3.05) is 26.9 Å². The third kappa shape index (κ3) is 8.43. The second kappa shape index (κ2) is 18.3. The van der Waals surface area contributed by atoms with E-state index in [-0.39, 0.29) is 42.3 Å². The lowest BCUT2D eigenvalue weighted by atomic mass is 9.43. The average molecular weight is 901 g/mol. The van der Waals surface area contributed by atoms with Crippen LogP contribution in [0.3, 0.4) is 0 Å². The first-order valence-corrected chi connectivity index (χ1v) is 22.7. The Kier molecular flexibility index (Phi) is 13.8. The molecule has 19 heteroatoms. The van der Waals surface area contributed by atoms with Crippen molar-refractivity contribution >= 4 is 11.9 Å². The molecule has 4 aliphatic carbocycles. The number of hydrogen-bond donors (Lipinski definition) is 8. The first-order valence-electron chi connectivity index (χ1n) is 22.7. The van der Waals surface area contributed by atoms with Crippen LogP contribution in [0.4, 0.5) is 0 Å². The van der Waals surface area contributed by atoms with Crippen LogP contribution in [0.15, 0.2) is 11.6 Å². The van der Waals surface area contributed by atoms with Gasteiger partial charge in [-0.25, -0.2) is 4.79 Å². The Morgan fingerprint density at radius 3 is 2.19 bits per heavy atom. The maximum Gasteiger partial charge on any atom is 0.331 e. The van der Waals surface area contributed by atoms with Gasteiger partial charge in [0.2, 0.25) is 0 Å². The second-order valence-corrected chi connectivity index (χ2v) is 20.0. The normalized spacial score (nSPS) is 52.3. The highest BCUT2D eigenvalue weighted by Crippen LogP contribution is 2.70. The van der Waals surface area contributed by atoms with Gasteiger partial charge in [0.1, 0.15) is 67.6 Å². The van der Waals surface area contributed by atoms with Gasteiger partial charge < -0.3 is 83.5 Å². The highest BCUT2D eigenvalue weighted by Gasteiger charge is 2.71. The number of fused-ring (bicyclic) bond motifs is 5. The zero-order chi connectivity index (χ0) is 45.3. The number of aliphatic hydroxyl groups excluding tert-OH is 7. The smallest absolute Gasteiger partial charge is 0.331 e. The summed E-state index contributed by atoms with van der Waals surface area (Å²) >= 11 is 0. The number of carbonyl (C=O) groups excluding carboxylic acids is 2. The molecule has 23 atom stereocenters. The molecule has 0 aromatic rings. The van der Waals surface area contributed by atoms with Gasteiger partial charge in [-0.15, -0.1) is 0 Å². The third-order valence-corrected chi connectivity index (χ3v) is 16.7. The molecule has 8 aliphatic rings. The van der Waals surface area contributed by atoms with E-state index in [1.54, 1.807) is 6.92 Å². The van der Waals surface area contributed by atoms with E-state index in [0.717, 1.165) is 50.5 Å². The first-order chi connectivity index (χ1) is 29.8. The minimum Gasteiger partial charge on any atom is -0.462 e. The maximum atomic E-state index is 12.9. The van der Waals surface area contributed by atoms with Crippen LogP contribution in [0, 0.1) is 34.5 Å². The molecule has 7 fully saturated rings. The Hall–Kier alpha value is -1.92. The van der Waals surface area contributed by atoms with Gasteiger partial charge in [0.25, 0.3) is 0 Å². The second-order valence-electron chi connectivity index (χ2n) is 20.0. The van der Waals surface area contributed by atoms with Crippen molar-refractivity contribution in [2.24, 2.45) is 34.5 Å². The van der Waals surface area contributed by atoms with Crippen molar-refractivity contribution in [3.05, 3.63) is 11.6 Å². The zero-order valence-corrected chi connectivity index (χ0v) is 36.7. The largest absolute Gasteiger partial charge is 0.462 e. The van der Waals surface area contributed by atoms with Gasteiger partial charge in [0.05, 0.1) is 37.1 Å². The van der Waals surface area contributed by atoms with Gasteiger partial charge in [-0.2, -0.15) is 0 Å². The van der Waals surface area contributed by atoms with Crippen LogP contribution in [0.5, 0.6) is 0 Å². The molecule has 8 rings (SSSR count). The fourth-order valence-electron chi connectivity index (χ4n) is 13.3. The number of hydrogen-bond acceptors (Lipinski definition) is 19. The summed E-state index contributed by atoms with van der Waals surface area (Å²) in [7, 11) is 1.52. The van der Waals surface area contributed by atoms with Crippen LogP contribution in [-0.4, -0.2) is 184 Å². The molecule has 8 N–H and O–H groups in total. The number of cyclic esters (lactones) is 1. The molecule has 4 saturated carbocycles. The minimum atomic E-state index is -1.72. The van der Waals surface area contributed by atoms with Crippen molar-refractivity contribution in [2.45, 2.75) is 189 Å². The van der Waals surface area contributed by atoms with Gasteiger partial charge in [-0.05, 0) is 80.6 Å². The van der Waals surface area contributed by atoms with E-state index in [1.165, 1.54) is 20.1 Å². The maximum absolute atomic E-state index is 12.9. The van der Waals surface area contributed by atoms with Crippen molar-refractivity contribution in [1.82, 2.24) is 0 Å². The van der Waals surface area contributed by atoms with E-state index in [4.69, 9.17) is 42.6 Å². The summed E-state index contributed by atoms with van der Waals surface area (Å²) in [5.41, 5.74) is -0.944. The number of ether oxygens (including phenoxy) is 9.